The number of para-hydroxylation sites is 1. The molecule has 0 radical (unpaired) electrons. The molecular formula is C32H33N5O6S. The normalized spacial score (nSPS) is 17.2. The molecule has 4 heterocycles. The Morgan fingerprint density at radius 2 is 1.89 bits per heavy atom. The first kappa shape index (κ1) is 29.5. The number of nitrogens with two attached hydrogens (primary N) is 1. The van der Waals surface area contributed by atoms with Gasteiger partial charge in [-0.3, -0.25) is 19.4 Å². The monoisotopic (exact) mass is 615 g/mol. The number of ether oxygens (including phenoxy) is 3. The summed E-state index contributed by atoms with van der Waals surface area (Å²) in [5.74, 6) is 0.492. The molecular weight excluding hydrogens is 582 g/mol. The number of benzene rings is 2. The maximum absolute atomic E-state index is 14.7. The van der Waals surface area contributed by atoms with Gasteiger partial charge in [-0.2, -0.15) is 0 Å². The van der Waals surface area contributed by atoms with E-state index in [9.17, 15) is 14.4 Å². The predicted octanol–water partition coefficient (Wildman–Crippen LogP) is 5.23. The molecule has 6 rings (SSSR count). The molecule has 0 bridgehead atoms. The van der Waals surface area contributed by atoms with Crippen LogP contribution in [0.5, 0.6) is 11.5 Å². The minimum atomic E-state index is -0.759. The smallest absolute Gasteiger partial charge is 0.334 e. The van der Waals surface area contributed by atoms with Crippen molar-refractivity contribution in [1.29, 1.82) is 0 Å². The lowest BCUT2D eigenvalue weighted by molar-refractivity contribution is -0.146. The summed E-state index contributed by atoms with van der Waals surface area (Å²) in [6, 6.07) is 16.0. The zero-order valence-electron chi connectivity index (χ0n) is 24.7. The second kappa shape index (κ2) is 12.2. The van der Waals surface area contributed by atoms with Crippen molar-refractivity contribution in [3.63, 3.8) is 0 Å². The van der Waals surface area contributed by atoms with Crippen LogP contribution in [0.3, 0.4) is 0 Å². The van der Waals surface area contributed by atoms with Crippen molar-refractivity contribution in [2.24, 2.45) is 5.73 Å². The van der Waals surface area contributed by atoms with Crippen molar-refractivity contribution in [2.45, 2.75) is 31.9 Å². The molecule has 2 aliphatic heterocycles. The minimum absolute atomic E-state index is 0.117. The molecule has 0 spiro atoms. The van der Waals surface area contributed by atoms with Crippen LogP contribution in [0.15, 0.2) is 60.8 Å². The van der Waals surface area contributed by atoms with Crippen LogP contribution in [0.4, 0.5) is 21.9 Å². The maximum Gasteiger partial charge on any atom is 0.334 e. The Bertz CT molecular complexity index is 1730. The Kier molecular flexibility index (Phi) is 8.21. The lowest BCUT2D eigenvalue weighted by Gasteiger charge is -2.44. The molecule has 2 aliphatic rings. The predicted molar refractivity (Wildman–Crippen MR) is 168 cm³/mol. The summed E-state index contributed by atoms with van der Waals surface area (Å²) >= 11 is 1.16. The average Bonchev–Trinajstić information content (AvgIpc) is 3.42. The van der Waals surface area contributed by atoms with E-state index in [1.165, 1.54) is 14.2 Å². The van der Waals surface area contributed by atoms with E-state index < -0.39 is 18.1 Å². The molecule has 0 unspecified atom stereocenters. The highest BCUT2D eigenvalue weighted by Crippen LogP contribution is 2.50. The number of hydrogen-bond donors (Lipinski definition) is 1. The van der Waals surface area contributed by atoms with Crippen LogP contribution in [-0.4, -0.2) is 73.8 Å². The zero-order valence-corrected chi connectivity index (χ0v) is 25.5. The molecule has 44 heavy (non-hydrogen) atoms. The van der Waals surface area contributed by atoms with Crippen molar-refractivity contribution in [2.75, 3.05) is 43.7 Å². The molecule has 1 saturated heterocycles. The highest BCUT2D eigenvalue weighted by molar-refractivity contribution is 7.21. The van der Waals surface area contributed by atoms with Gasteiger partial charge in [0.1, 0.15) is 21.2 Å². The van der Waals surface area contributed by atoms with Crippen LogP contribution >= 0.6 is 11.3 Å². The van der Waals surface area contributed by atoms with Crippen LogP contribution in [0.2, 0.25) is 0 Å². The van der Waals surface area contributed by atoms with Gasteiger partial charge in [0.15, 0.2) is 6.10 Å². The van der Waals surface area contributed by atoms with Gasteiger partial charge in [0, 0.05) is 33.5 Å². The minimum Gasteiger partial charge on any atom is -0.457 e. The van der Waals surface area contributed by atoms with E-state index in [2.05, 4.69) is 4.98 Å². The number of amides is 4. The third-order valence-corrected chi connectivity index (χ3v) is 9.09. The number of rotatable bonds is 9. The first-order valence-corrected chi connectivity index (χ1v) is 15.1. The molecule has 2 N–H and O–H groups in total. The van der Waals surface area contributed by atoms with E-state index in [1.54, 1.807) is 27.0 Å². The zero-order chi connectivity index (χ0) is 31.0. The van der Waals surface area contributed by atoms with Crippen LogP contribution in [0, 0.1) is 6.92 Å². The largest absolute Gasteiger partial charge is 0.457 e. The molecule has 2 aromatic carbocycles. The SMILES string of the molecule is COC[C@H](OC)C(=O)N1CCC[C@@H](N2C(=O)N(c3ccc(Oc4ccccc4)cc3C)c3ccnc4sc(C(N)=O)c2c34)C1. The van der Waals surface area contributed by atoms with Crippen molar-refractivity contribution < 1.29 is 28.6 Å². The molecule has 2 aromatic heterocycles. The van der Waals surface area contributed by atoms with Gasteiger partial charge in [-0.15, -0.1) is 11.3 Å². The number of thiophene rings is 1. The van der Waals surface area contributed by atoms with Gasteiger partial charge in [-0.05, 0) is 61.7 Å². The van der Waals surface area contributed by atoms with Crippen LogP contribution in [0.1, 0.15) is 28.1 Å². The molecule has 1 fully saturated rings. The van der Waals surface area contributed by atoms with Gasteiger partial charge in [0.25, 0.3) is 11.8 Å². The molecule has 4 aromatic rings. The fourth-order valence-electron chi connectivity index (χ4n) is 5.98. The Hall–Kier alpha value is -4.52. The Balaban J connectivity index is 1.43. The van der Waals surface area contributed by atoms with Crippen molar-refractivity contribution in [3.05, 3.63) is 71.2 Å². The summed E-state index contributed by atoms with van der Waals surface area (Å²) in [5.41, 5.74) is 8.40. The lowest BCUT2D eigenvalue weighted by atomic mass is 10.00. The third kappa shape index (κ3) is 5.25. The summed E-state index contributed by atoms with van der Waals surface area (Å²) in [7, 11) is 2.99. The lowest BCUT2D eigenvalue weighted by Crippen LogP contribution is -2.57. The topological polar surface area (TPSA) is 128 Å². The number of carbonyl (C=O) groups is 3. The third-order valence-electron chi connectivity index (χ3n) is 7.99. The summed E-state index contributed by atoms with van der Waals surface area (Å²) in [6.45, 7) is 2.82. The second-order valence-electron chi connectivity index (χ2n) is 10.8. The van der Waals surface area contributed by atoms with Crippen LogP contribution in [-0.2, 0) is 14.3 Å². The Labute approximate surface area is 258 Å². The van der Waals surface area contributed by atoms with E-state index >= 15 is 0 Å². The van der Waals surface area contributed by atoms with E-state index in [0.29, 0.717) is 58.2 Å². The number of piperidine rings is 1. The Morgan fingerprint density at radius 1 is 1.09 bits per heavy atom. The van der Waals surface area contributed by atoms with Gasteiger partial charge in [-0.25, -0.2) is 9.78 Å². The summed E-state index contributed by atoms with van der Waals surface area (Å²) in [5, 5.41) is 0.674. The number of hydrogen-bond acceptors (Lipinski definition) is 8. The number of aryl methyl sites for hydroxylation is 1. The summed E-state index contributed by atoms with van der Waals surface area (Å²) in [4.78, 5) is 51.2. The van der Waals surface area contributed by atoms with Gasteiger partial charge < -0.3 is 24.8 Å². The number of primary amides is 1. The number of anilines is 3. The average molecular weight is 616 g/mol. The number of pyridine rings is 1. The molecule has 0 saturated carbocycles. The van der Waals surface area contributed by atoms with Crippen LogP contribution < -0.4 is 20.3 Å². The van der Waals surface area contributed by atoms with Gasteiger partial charge >= 0.3 is 6.03 Å². The van der Waals surface area contributed by atoms with E-state index in [0.717, 1.165) is 16.9 Å². The highest BCUT2D eigenvalue weighted by Gasteiger charge is 2.43. The summed E-state index contributed by atoms with van der Waals surface area (Å²) < 4.78 is 16.6. The first-order valence-electron chi connectivity index (χ1n) is 14.3. The second-order valence-corrected chi connectivity index (χ2v) is 11.8. The molecule has 0 aliphatic carbocycles. The molecule has 2 atom stereocenters. The van der Waals surface area contributed by atoms with Crippen LogP contribution in [0.25, 0.3) is 10.2 Å². The molecule has 228 valence electrons. The van der Waals surface area contributed by atoms with E-state index in [4.69, 9.17) is 19.9 Å². The number of likely N-dealkylation sites (tertiary alicyclic amines) is 1. The fourth-order valence-corrected chi connectivity index (χ4v) is 6.99. The molecule has 12 heteroatoms. The first-order chi connectivity index (χ1) is 21.3. The molecule has 4 amide bonds. The quantitative estimate of drug-likeness (QED) is 0.273. The van der Waals surface area contributed by atoms with E-state index in [1.807, 2.05) is 55.5 Å². The van der Waals surface area contributed by atoms with Gasteiger partial charge in [-0.1, -0.05) is 18.2 Å². The van der Waals surface area contributed by atoms with Crippen molar-refractivity contribution >= 4 is 56.5 Å². The molecule has 11 nitrogen and oxygen atoms in total. The maximum atomic E-state index is 14.7. The Morgan fingerprint density at radius 3 is 2.59 bits per heavy atom. The number of methoxy groups -OCH3 is 2. The number of urea groups is 1. The van der Waals surface area contributed by atoms with Crippen molar-refractivity contribution in [1.82, 2.24) is 9.88 Å². The highest BCUT2D eigenvalue weighted by atomic mass is 32.1. The fraction of sp³-hybridized carbons (Fsp3) is 0.312. The van der Waals surface area contributed by atoms with E-state index in [-0.39, 0.29) is 30.0 Å². The standard InChI is InChI=1S/C32H33N5O6S/c1-19-16-22(43-21-9-5-4-6-10-21)11-12-23(19)37-24-13-14-34-30-26(24)27(28(44-30)29(33)38)36(32(37)40)20-8-7-15-35(17-20)31(39)25(42-3)18-41-2/h4-6,9-14,16,20,25H,7-8,15,17-18H2,1-3H3,(H2,33,38)/t20-,25+/m1/s1. The van der Waals surface area contributed by atoms with Crippen molar-refractivity contribution in [3.8, 4) is 11.5 Å². The number of aromatic nitrogens is 1. The number of carbonyl (C=O) groups excluding carboxylic acids is 3. The van der Waals surface area contributed by atoms with Gasteiger partial charge in [0.05, 0.1) is 35.1 Å². The van der Waals surface area contributed by atoms with Gasteiger partial charge in [0.2, 0.25) is 0 Å². The summed E-state index contributed by atoms with van der Waals surface area (Å²) in [6.07, 6.45) is 2.15. The number of nitrogens with zero attached hydrogens (tertiary/aromatic N) is 4.